The third-order valence-electron chi connectivity index (χ3n) is 3.78. The Hall–Kier alpha value is -3.06. The largest absolute Gasteiger partial charge is 0.326 e. The quantitative estimate of drug-likeness (QED) is 0.730. The van der Waals surface area contributed by atoms with Crippen LogP contribution in [0.15, 0.2) is 42.6 Å². The van der Waals surface area contributed by atoms with Crippen LogP contribution in [0.2, 0.25) is 0 Å². The number of carbonyl (C=O) groups excluding carboxylic acids is 2. The highest BCUT2D eigenvalue weighted by atomic mass is 32.1. The van der Waals surface area contributed by atoms with E-state index in [2.05, 4.69) is 20.6 Å². The van der Waals surface area contributed by atoms with E-state index >= 15 is 0 Å². The van der Waals surface area contributed by atoms with E-state index < -0.39 is 0 Å². The van der Waals surface area contributed by atoms with Gasteiger partial charge in [-0.2, -0.15) is 0 Å². The van der Waals surface area contributed by atoms with E-state index in [4.69, 9.17) is 0 Å². The molecule has 2 N–H and O–H groups in total. The molecule has 0 aliphatic rings. The number of aryl methyl sites for hydroxylation is 1. The molecule has 0 fully saturated rings. The molecule has 3 aromatic rings. The molecule has 2 heterocycles. The van der Waals surface area contributed by atoms with Gasteiger partial charge in [0.1, 0.15) is 9.88 Å². The minimum absolute atomic E-state index is 0.158. The number of pyridine rings is 1. The smallest absolute Gasteiger partial charge is 0.267 e. The molecule has 0 atom stereocenters. The molecule has 2 amide bonds. The zero-order valence-corrected chi connectivity index (χ0v) is 15.5. The maximum Gasteiger partial charge on any atom is 0.267 e. The number of nitrogens with zero attached hydrogens (tertiary/aromatic N) is 2. The van der Waals surface area contributed by atoms with Crippen molar-refractivity contribution >= 4 is 34.5 Å². The number of nitrogens with one attached hydrogen (secondary N) is 2. The zero-order chi connectivity index (χ0) is 18.7. The summed E-state index contributed by atoms with van der Waals surface area (Å²) in [7, 11) is 0. The van der Waals surface area contributed by atoms with Crippen LogP contribution >= 0.6 is 11.3 Å². The van der Waals surface area contributed by atoms with Crippen LogP contribution in [0.1, 0.15) is 27.9 Å². The van der Waals surface area contributed by atoms with E-state index in [1.165, 1.54) is 18.3 Å². The summed E-state index contributed by atoms with van der Waals surface area (Å²) in [5.74, 6) is -0.389. The molecule has 0 saturated carbocycles. The van der Waals surface area contributed by atoms with Crippen molar-refractivity contribution in [3.63, 3.8) is 0 Å². The van der Waals surface area contributed by atoms with Gasteiger partial charge < -0.3 is 10.6 Å². The van der Waals surface area contributed by atoms with Gasteiger partial charge >= 0.3 is 0 Å². The minimum Gasteiger partial charge on any atom is -0.326 e. The molecule has 6 nitrogen and oxygen atoms in total. The van der Waals surface area contributed by atoms with Crippen LogP contribution in [0.3, 0.4) is 0 Å². The summed E-state index contributed by atoms with van der Waals surface area (Å²) in [6.45, 7) is 5.10. The van der Waals surface area contributed by atoms with Crippen molar-refractivity contribution in [3.8, 4) is 10.7 Å². The van der Waals surface area contributed by atoms with Crippen molar-refractivity contribution in [1.82, 2.24) is 9.97 Å². The monoisotopic (exact) mass is 366 g/mol. The van der Waals surface area contributed by atoms with E-state index in [1.54, 1.807) is 31.3 Å². The highest BCUT2D eigenvalue weighted by Gasteiger charge is 2.18. The molecule has 0 saturated heterocycles. The average Bonchev–Trinajstić information content (AvgIpc) is 3.01. The number of hydrogen-bond donors (Lipinski definition) is 2. The summed E-state index contributed by atoms with van der Waals surface area (Å²) in [6, 6.07) is 11.0. The molecule has 7 heteroatoms. The summed E-state index contributed by atoms with van der Waals surface area (Å²) in [5, 5.41) is 6.37. The van der Waals surface area contributed by atoms with Gasteiger partial charge in [0.05, 0.1) is 11.4 Å². The van der Waals surface area contributed by atoms with Crippen LogP contribution in [0.25, 0.3) is 10.7 Å². The summed E-state index contributed by atoms with van der Waals surface area (Å²) in [5.41, 5.74) is 3.51. The van der Waals surface area contributed by atoms with E-state index in [0.29, 0.717) is 27.0 Å². The molecule has 132 valence electrons. The fourth-order valence-electron chi connectivity index (χ4n) is 2.48. The third-order valence-corrected chi connectivity index (χ3v) is 4.96. The first-order valence-electron chi connectivity index (χ1n) is 8.03. The lowest BCUT2D eigenvalue weighted by Crippen LogP contribution is -2.14. The van der Waals surface area contributed by atoms with Crippen LogP contribution in [0.5, 0.6) is 0 Å². The molecule has 0 spiro atoms. The van der Waals surface area contributed by atoms with Gasteiger partial charge in [-0.05, 0) is 43.7 Å². The number of thiazole rings is 1. The fourth-order valence-corrected chi connectivity index (χ4v) is 3.42. The van der Waals surface area contributed by atoms with Gasteiger partial charge in [0.2, 0.25) is 5.91 Å². The Balaban J connectivity index is 1.85. The Morgan fingerprint density at radius 3 is 2.38 bits per heavy atom. The SMILES string of the molecule is CC(=O)Nc1cccc(NC(=O)c2sc(-c3ccccn3)nc2C)c1C. The van der Waals surface area contributed by atoms with Gasteiger partial charge in [0.15, 0.2) is 0 Å². The van der Waals surface area contributed by atoms with Crippen LogP contribution in [-0.2, 0) is 4.79 Å². The van der Waals surface area contributed by atoms with Gasteiger partial charge in [0, 0.05) is 24.5 Å². The summed E-state index contributed by atoms with van der Waals surface area (Å²) < 4.78 is 0. The van der Waals surface area contributed by atoms with Crippen molar-refractivity contribution in [3.05, 3.63) is 58.7 Å². The Labute approximate surface area is 155 Å². The van der Waals surface area contributed by atoms with Gasteiger partial charge in [-0.15, -0.1) is 11.3 Å². The lowest BCUT2D eigenvalue weighted by atomic mass is 10.1. The van der Waals surface area contributed by atoms with Crippen LogP contribution in [0, 0.1) is 13.8 Å². The van der Waals surface area contributed by atoms with E-state index in [9.17, 15) is 9.59 Å². The second-order valence-electron chi connectivity index (χ2n) is 5.76. The van der Waals surface area contributed by atoms with Gasteiger partial charge in [-0.25, -0.2) is 4.98 Å². The Kier molecular flexibility index (Phi) is 5.09. The normalized spacial score (nSPS) is 10.4. The predicted octanol–water partition coefficient (Wildman–Crippen LogP) is 4.03. The van der Waals surface area contributed by atoms with Crippen molar-refractivity contribution in [2.75, 3.05) is 10.6 Å². The van der Waals surface area contributed by atoms with E-state index in [-0.39, 0.29) is 11.8 Å². The number of rotatable bonds is 4. The third kappa shape index (κ3) is 3.78. The van der Waals surface area contributed by atoms with Gasteiger partial charge in [-0.1, -0.05) is 12.1 Å². The number of amides is 2. The molecule has 0 unspecified atom stereocenters. The predicted molar refractivity (Wildman–Crippen MR) is 104 cm³/mol. The maximum absolute atomic E-state index is 12.7. The number of aromatic nitrogens is 2. The molecule has 3 rings (SSSR count). The number of anilines is 2. The van der Waals surface area contributed by atoms with Crippen molar-refractivity contribution in [2.24, 2.45) is 0 Å². The molecule has 1 aromatic carbocycles. The second kappa shape index (κ2) is 7.45. The Bertz CT molecular complexity index is 967. The van der Waals surface area contributed by atoms with Crippen molar-refractivity contribution in [1.29, 1.82) is 0 Å². The molecule has 0 aliphatic heterocycles. The number of hydrogen-bond acceptors (Lipinski definition) is 5. The highest BCUT2D eigenvalue weighted by Crippen LogP contribution is 2.28. The average molecular weight is 366 g/mol. The lowest BCUT2D eigenvalue weighted by molar-refractivity contribution is -0.114. The first-order chi connectivity index (χ1) is 12.5. The Morgan fingerprint density at radius 2 is 1.73 bits per heavy atom. The topological polar surface area (TPSA) is 84.0 Å². The number of carbonyl (C=O) groups is 2. The zero-order valence-electron chi connectivity index (χ0n) is 14.7. The Morgan fingerprint density at radius 1 is 1.00 bits per heavy atom. The van der Waals surface area contributed by atoms with Crippen LogP contribution < -0.4 is 10.6 Å². The number of benzene rings is 1. The molecule has 0 bridgehead atoms. The van der Waals surface area contributed by atoms with E-state index in [1.807, 2.05) is 25.1 Å². The summed E-state index contributed by atoms with van der Waals surface area (Å²) in [4.78, 5) is 33.3. The molecular weight excluding hydrogens is 348 g/mol. The first kappa shape index (κ1) is 17.8. The fraction of sp³-hybridized carbons (Fsp3) is 0.158. The van der Waals surface area contributed by atoms with Crippen LogP contribution in [0.4, 0.5) is 11.4 Å². The standard InChI is InChI=1S/C19H18N4O2S/c1-11-14(22-13(3)24)8-6-9-15(11)23-18(25)17-12(2)21-19(26-17)16-7-4-5-10-20-16/h4-10H,1-3H3,(H,22,24)(H,23,25). The molecule has 0 radical (unpaired) electrons. The van der Waals surface area contributed by atoms with E-state index in [0.717, 1.165) is 11.3 Å². The van der Waals surface area contributed by atoms with Crippen LogP contribution in [-0.4, -0.2) is 21.8 Å². The molecule has 26 heavy (non-hydrogen) atoms. The van der Waals surface area contributed by atoms with Crippen molar-refractivity contribution in [2.45, 2.75) is 20.8 Å². The minimum atomic E-state index is -0.231. The summed E-state index contributed by atoms with van der Waals surface area (Å²) >= 11 is 1.31. The first-order valence-corrected chi connectivity index (χ1v) is 8.84. The highest BCUT2D eigenvalue weighted by molar-refractivity contribution is 7.17. The van der Waals surface area contributed by atoms with Gasteiger partial charge in [-0.3, -0.25) is 14.6 Å². The second-order valence-corrected chi connectivity index (χ2v) is 6.76. The molecule has 0 aliphatic carbocycles. The summed E-state index contributed by atoms with van der Waals surface area (Å²) in [6.07, 6.45) is 1.70. The van der Waals surface area contributed by atoms with Gasteiger partial charge in [0.25, 0.3) is 5.91 Å². The molecular formula is C19H18N4O2S. The lowest BCUT2D eigenvalue weighted by Gasteiger charge is -2.12. The van der Waals surface area contributed by atoms with Crippen molar-refractivity contribution < 1.29 is 9.59 Å². The molecule has 2 aromatic heterocycles. The maximum atomic E-state index is 12.7.